The number of nitrogens with zero attached hydrogens (tertiary/aromatic N) is 1. The molecule has 0 aromatic heterocycles. The zero-order chi connectivity index (χ0) is 18.8. The fourth-order valence-corrected chi connectivity index (χ4v) is 3.47. The van der Waals surface area contributed by atoms with Gasteiger partial charge in [0.05, 0.1) is 11.7 Å². The molecule has 0 radical (unpaired) electrons. The molecule has 1 heterocycles. The van der Waals surface area contributed by atoms with E-state index in [1.807, 2.05) is 32.0 Å². The summed E-state index contributed by atoms with van der Waals surface area (Å²) < 4.78 is 27.0. The molecule has 1 fully saturated rings. The van der Waals surface area contributed by atoms with Crippen molar-refractivity contribution in [2.24, 2.45) is 0 Å². The highest BCUT2D eigenvalue weighted by Gasteiger charge is 2.34. The summed E-state index contributed by atoms with van der Waals surface area (Å²) >= 11 is 0. The van der Waals surface area contributed by atoms with Crippen LogP contribution in [0.3, 0.4) is 0 Å². The van der Waals surface area contributed by atoms with Gasteiger partial charge < -0.3 is 10.2 Å². The molecule has 26 heavy (non-hydrogen) atoms. The number of hydrogen-bond acceptors (Lipinski definition) is 2. The van der Waals surface area contributed by atoms with E-state index in [0.29, 0.717) is 6.54 Å². The number of carbonyl (C=O) groups is 2. The molecule has 2 aromatic carbocycles. The lowest BCUT2D eigenvalue weighted by Gasteiger charge is -2.25. The van der Waals surface area contributed by atoms with Gasteiger partial charge in [-0.2, -0.15) is 0 Å². The van der Waals surface area contributed by atoms with Crippen LogP contribution in [-0.2, 0) is 9.59 Å². The molecule has 2 amide bonds. The van der Waals surface area contributed by atoms with Crippen molar-refractivity contribution in [2.75, 3.05) is 11.9 Å². The second-order valence-electron chi connectivity index (χ2n) is 6.63. The van der Waals surface area contributed by atoms with Crippen molar-refractivity contribution < 1.29 is 18.4 Å². The molecule has 1 aliphatic rings. The summed E-state index contributed by atoms with van der Waals surface area (Å²) in [5, 5.41) is 2.18. The lowest BCUT2D eigenvalue weighted by atomic mass is 9.99. The van der Waals surface area contributed by atoms with Gasteiger partial charge in [0.1, 0.15) is 0 Å². The number of rotatable bonds is 2. The summed E-state index contributed by atoms with van der Waals surface area (Å²) in [5.74, 6) is -3.97. The Bertz CT molecular complexity index is 847. The Balaban J connectivity index is 1.79. The Hall–Kier alpha value is -2.76. The summed E-state index contributed by atoms with van der Waals surface area (Å²) in [6.07, 6.45) is 1.54. The number of aryl methyl sites for hydroxylation is 2. The zero-order valence-electron chi connectivity index (χ0n) is 14.7. The molecule has 1 unspecified atom stereocenters. The molecule has 4 nitrogen and oxygen atoms in total. The molecule has 1 saturated heterocycles. The van der Waals surface area contributed by atoms with Crippen LogP contribution < -0.4 is 5.32 Å². The third-order valence-electron chi connectivity index (χ3n) is 4.54. The number of likely N-dealkylation sites (tertiary alicyclic amines) is 1. The van der Waals surface area contributed by atoms with E-state index in [-0.39, 0.29) is 11.7 Å². The van der Waals surface area contributed by atoms with Crippen LogP contribution in [0.1, 0.15) is 35.6 Å². The Morgan fingerprint density at radius 1 is 1.12 bits per heavy atom. The summed E-state index contributed by atoms with van der Waals surface area (Å²) in [4.78, 5) is 26.4. The molecule has 0 spiro atoms. The fourth-order valence-electron chi connectivity index (χ4n) is 3.47. The van der Waals surface area contributed by atoms with E-state index in [9.17, 15) is 18.4 Å². The molecular formula is C20H20F2N2O2. The minimum atomic E-state index is -1.18. The van der Waals surface area contributed by atoms with Crippen molar-refractivity contribution >= 4 is 17.5 Å². The largest absolute Gasteiger partial charge is 0.327 e. The first-order chi connectivity index (χ1) is 12.4. The molecular weight excluding hydrogens is 338 g/mol. The first-order valence-electron chi connectivity index (χ1n) is 8.51. The Labute approximate surface area is 150 Å². The van der Waals surface area contributed by atoms with Crippen LogP contribution in [0.5, 0.6) is 0 Å². The van der Waals surface area contributed by atoms with Crippen LogP contribution in [0, 0.1) is 25.5 Å². The molecule has 1 aliphatic heterocycles. The third kappa shape index (κ3) is 3.59. The van der Waals surface area contributed by atoms with Gasteiger partial charge in [-0.15, -0.1) is 0 Å². The summed E-state index contributed by atoms with van der Waals surface area (Å²) in [6.45, 7) is 4.42. The number of carbonyl (C=O) groups excluding carboxylic acids is 2. The topological polar surface area (TPSA) is 49.4 Å². The van der Waals surface area contributed by atoms with E-state index in [2.05, 4.69) is 5.32 Å². The Morgan fingerprint density at radius 3 is 2.50 bits per heavy atom. The molecule has 2 aromatic rings. The van der Waals surface area contributed by atoms with Crippen molar-refractivity contribution in [3.63, 3.8) is 0 Å². The van der Waals surface area contributed by atoms with E-state index in [4.69, 9.17) is 0 Å². The van der Waals surface area contributed by atoms with Crippen LogP contribution in [0.4, 0.5) is 14.5 Å². The average molecular weight is 358 g/mol. The lowest BCUT2D eigenvalue weighted by molar-refractivity contribution is -0.143. The van der Waals surface area contributed by atoms with Gasteiger partial charge in [0.15, 0.2) is 11.6 Å². The smallest absolute Gasteiger partial charge is 0.314 e. The van der Waals surface area contributed by atoms with E-state index in [1.54, 1.807) is 0 Å². The second kappa shape index (κ2) is 7.23. The normalized spacial score (nSPS) is 16.6. The number of benzene rings is 2. The first-order valence-corrected chi connectivity index (χ1v) is 8.51. The second-order valence-corrected chi connectivity index (χ2v) is 6.63. The van der Waals surface area contributed by atoms with Crippen molar-refractivity contribution in [1.29, 1.82) is 0 Å². The fraction of sp³-hybridized carbons (Fsp3) is 0.300. The van der Waals surface area contributed by atoms with E-state index in [0.717, 1.165) is 35.6 Å². The van der Waals surface area contributed by atoms with Crippen LogP contribution in [0.15, 0.2) is 36.4 Å². The molecule has 136 valence electrons. The molecule has 1 N–H and O–H groups in total. The van der Waals surface area contributed by atoms with Gasteiger partial charge in [-0.25, -0.2) is 8.78 Å². The maximum Gasteiger partial charge on any atom is 0.314 e. The van der Waals surface area contributed by atoms with Crippen molar-refractivity contribution in [3.05, 3.63) is 64.7 Å². The van der Waals surface area contributed by atoms with Crippen LogP contribution in [0.25, 0.3) is 0 Å². The summed E-state index contributed by atoms with van der Waals surface area (Å²) in [5.41, 5.74) is 2.82. The predicted octanol–water partition coefficient (Wildman–Crippen LogP) is 3.88. The maximum atomic E-state index is 13.7. The van der Waals surface area contributed by atoms with E-state index >= 15 is 0 Å². The SMILES string of the molecule is Cc1cc(C)cc(C2CCCN2C(=O)C(=O)Nc2cccc(F)c2F)c1. The molecule has 0 aliphatic carbocycles. The van der Waals surface area contributed by atoms with Gasteiger partial charge in [0, 0.05) is 6.54 Å². The summed E-state index contributed by atoms with van der Waals surface area (Å²) in [7, 11) is 0. The molecule has 3 rings (SSSR count). The summed E-state index contributed by atoms with van der Waals surface area (Å²) in [6, 6.07) is 9.31. The molecule has 1 atom stereocenters. The minimum Gasteiger partial charge on any atom is -0.327 e. The quantitative estimate of drug-likeness (QED) is 0.828. The van der Waals surface area contributed by atoms with Crippen molar-refractivity contribution in [3.8, 4) is 0 Å². The van der Waals surface area contributed by atoms with Crippen molar-refractivity contribution in [2.45, 2.75) is 32.7 Å². The standard InChI is InChI=1S/C20H20F2N2O2/c1-12-9-13(2)11-14(10-12)17-7-4-8-24(17)20(26)19(25)23-16-6-3-5-15(21)18(16)22/h3,5-6,9-11,17H,4,7-8H2,1-2H3,(H,23,25). The van der Waals surface area contributed by atoms with Gasteiger partial charge in [-0.05, 0) is 44.4 Å². The highest BCUT2D eigenvalue weighted by atomic mass is 19.2. The van der Waals surface area contributed by atoms with E-state index < -0.39 is 23.4 Å². The molecule has 0 bridgehead atoms. The zero-order valence-corrected chi connectivity index (χ0v) is 14.7. The number of amides is 2. The minimum absolute atomic E-state index is 0.191. The van der Waals surface area contributed by atoms with Gasteiger partial charge >= 0.3 is 11.8 Å². The van der Waals surface area contributed by atoms with Crippen LogP contribution >= 0.6 is 0 Å². The highest BCUT2D eigenvalue weighted by Crippen LogP contribution is 2.33. The maximum absolute atomic E-state index is 13.7. The van der Waals surface area contributed by atoms with Crippen LogP contribution in [-0.4, -0.2) is 23.3 Å². The monoisotopic (exact) mass is 358 g/mol. The number of anilines is 1. The van der Waals surface area contributed by atoms with E-state index in [1.165, 1.54) is 17.0 Å². The van der Waals surface area contributed by atoms with Gasteiger partial charge in [-0.3, -0.25) is 9.59 Å². The first kappa shape index (κ1) is 18.0. The van der Waals surface area contributed by atoms with Crippen LogP contribution in [0.2, 0.25) is 0 Å². The average Bonchev–Trinajstić information content (AvgIpc) is 3.07. The predicted molar refractivity (Wildman–Crippen MR) is 94.6 cm³/mol. The Kier molecular flexibility index (Phi) is 5.02. The number of nitrogens with one attached hydrogen (secondary N) is 1. The highest BCUT2D eigenvalue weighted by molar-refractivity contribution is 6.39. The van der Waals surface area contributed by atoms with Gasteiger partial charge in [0.25, 0.3) is 0 Å². The van der Waals surface area contributed by atoms with Gasteiger partial charge in [-0.1, -0.05) is 35.4 Å². The van der Waals surface area contributed by atoms with Crippen molar-refractivity contribution in [1.82, 2.24) is 4.90 Å². The molecule has 6 heteroatoms. The molecule has 0 saturated carbocycles. The number of halogens is 2. The Morgan fingerprint density at radius 2 is 1.81 bits per heavy atom. The lowest BCUT2D eigenvalue weighted by Crippen LogP contribution is -2.39. The third-order valence-corrected chi connectivity index (χ3v) is 4.54. The number of hydrogen-bond donors (Lipinski definition) is 1. The van der Waals surface area contributed by atoms with Gasteiger partial charge in [0.2, 0.25) is 0 Å².